The molecule has 1 fully saturated rings. The van der Waals surface area contributed by atoms with Crippen LogP contribution in [0.2, 0.25) is 0 Å². The Morgan fingerprint density at radius 3 is 2.94 bits per heavy atom. The van der Waals surface area contributed by atoms with Crippen molar-refractivity contribution in [2.75, 3.05) is 0 Å². The molecule has 0 aromatic carbocycles. The van der Waals surface area contributed by atoms with Crippen LogP contribution in [0.15, 0.2) is 36.0 Å². The molecule has 0 aromatic rings. The van der Waals surface area contributed by atoms with Crippen molar-refractivity contribution in [3.63, 3.8) is 0 Å². The van der Waals surface area contributed by atoms with Crippen molar-refractivity contribution in [3.8, 4) is 0 Å². The number of ether oxygens (including phenoxy) is 1. The van der Waals surface area contributed by atoms with Crippen LogP contribution in [0.5, 0.6) is 0 Å². The van der Waals surface area contributed by atoms with Crippen LogP contribution in [-0.2, 0) is 14.3 Å². The van der Waals surface area contributed by atoms with Crippen molar-refractivity contribution in [1.82, 2.24) is 0 Å². The van der Waals surface area contributed by atoms with Crippen LogP contribution in [0.1, 0.15) is 26.7 Å². The molecule has 0 aromatic heterocycles. The lowest BCUT2D eigenvalue weighted by atomic mass is 9.91. The molecule has 1 heterocycles. The summed E-state index contributed by atoms with van der Waals surface area (Å²) in [7, 11) is 0. The molecule has 0 N–H and O–H groups in total. The van der Waals surface area contributed by atoms with Gasteiger partial charge in [0.05, 0.1) is 0 Å². The van der Waals surface area contributed by atoms with E-state index in [1.54, 1.807) is 6.08 Å². The highest BCUT2D eigenvalue weighted by Gasteiger charge is 2.40. The number of rotatable bonds is 2. The first-order chi connectivity index (χ1) is 8.49. The van der Waals surface area contributed by atoms with E-state index in [1.165, 1.54) is 6.92 Å². The lowest BCUT2D eigenvalue weighted by Gasteiger charge is -2.16. The number of carbonyl (C=O) groups excluding carboxylic acids is 2. The third kappa shape index (κ3) is 2.45. The van der Waals surface area contributed by atoms with Gasteiger partial charge in [-0.3, -0.25) is 4.79 Å². The second-order valence-electron chi connectivity index (χ2n) is 5.10. The Morgan fingerprint density at radius 1 is 1.56 bits per heavy atom. The maximum atomic E-state index is 11.5. The Hall–Kier alpha value is -1.64. The molecule has 1 aliphatic heterocycles. The summed E-state index contributed by atoms with van der Waals surface area (Å²) in [6.45, 7) is 7.44. The lowest BCUT2D eigenvalue weighted by Crippen LogP contribution is -2.17. The fourth-order valence-electron chi connectivity index (χ4n) is 2.57. The topological polar surface area (TPSA) is 43.4 Å². The molecule has 1 saturated heterocycles. The van der Waals surface area contributed by atoms with E-state index >= 15 is 0 Å². The van der Waals surface area contributed by atoms with E-state index in [2.05, 4.69) is 19.6 Å². The summed E-state index contributed by atoms with van der Waals surface area (Å²) in [4.78, 5) is 22.4. The predicted octanol–water partition coefficient (Wildman–Crippen LogP) is 2.59. The number of fused-ring (bicyclic) bond motifs is 1. The van der Waals surface area contributed by atoms with Crippen LogP contribution in [0.4, 0.5) is 0 Å². The minimum atomic E-state index is -0.256. The highest BCUT2D eigenvalue weighted by molar-refractivity contribution is 5.91. The summed E-state index contributed by atoms with van der Waals surface area (Å²) in [5.41, 5.74) is 1.73. The van der Waals surface area contributed by atoms with Crippen LogP contribution in [0.25, 0.3) is 0 Å². The van der Waals surface area contributed by atoms with Gasteiger partial charge in [0, 0.05) is 11.5 Å². The first kappa shape index (κ1) is 12.8. The van der Waals surface area contributed by atoms with E-state index in [0.717, 1.165) is 18.4 Å². The predicted molar refractivity (Wildman–Crippen MR) is 68.8 cm³/mol. The zero-order valence-electron chi connectivity index (χ0n) is 10.8. The van der Waals surface area contributed by atoms with Crippen LogP contribution in [-0.4, -0.2) is 17.9 Å². The molecular weight excluding hydrogens is 228 g/mol. The first-order valence-corrected chi connectivity index (χ1v) is 6.27. The average molecular weight is 246 g/mol. The smallest absolute Gasteiger partial charge is 0.334 e. The molecule has 0 radical (unpaired) electrons. The maximum absolute atomic E-state index is 11.5. The van der Waals surface area contributed by atoms with E-state index < -0.39 is 0 Å². The van der Waals surface area contributed by atoms with Gasteiger partial charge in [-0.15, -0.1) is 0 Å². The average Bonchev–Trinajstić information content (AvgIpc) is 2.46. The van der Waals surface area contributed by atoms with Gasteiger partial charge in [-0.05, 0) is 37.3 Å². The monoisotopic (exact) mass is 246 g/mol. The minimum Gasteiger partial charge on any atom is -0.458 e. The molecular formula is C15H18O3. The van der Waals surface area contributed by atoms with Gasteiger partial charge < -0.3 is 4.74 Å². The van der Waals surface area contributed by atoms with Crippen molar-refractivity contribution in [3.05, 3.63) is 36.0 Å². The van der Waals surface area contributed by atoms with Gasteiger partial charge >= 0.3 is 5.97 Å². The molecule has 2 aliphatic rings. The summed E-state index contributed by atoms with van der Waals surface area (Å²) in [6, 6.07) is 0. The first-order valence-electron chi connectivity index (χ1n) is 6.27. The highest BCUT2D eigenvalue weighted by atomic mass is 16.6. The highest BCUT2D eigenvalue weighted by Crippen LogP contribution is 2.38. The Kier molecular flexibility index (Phi) is 3.50. The normalized spacial score (nSPS) is 31.9. The summed E-state index contributed by atoms with van der Waals surface area (Å²) < 4.78 is 5.34. The van der Waals surface area contributed by atoms with Crippen molar-refractivity contribution in [2.24, 2.45) is 11.8 Å². The molecule has 3 nitrogen and oxygen atoms in total. The summed E-state index contributed by atoms with van der Waals surface area (Å²) in [5.74, 6) is 0.175. The fourth-order valence-corrected chi connectivity index (χ4v) is 2.57. The van der Waals surface area contributed by atoms with E-state index in [1.807, 2.05) is 6.08 Å². The molecule has 2 rings (SSSR count). The van der Waals surface area contributed by atoms with Gasteiger partial charge in [-0.1, -0.05) is 25.7 Å². The molecule has 18 heavy (non-hydrogen) atoms. The van der Waals surface area contributed by atoms with Gasteiger partial charge in [0.25, 0.3) is 0 Å². The van der Waals surface area contributed by atoms with Crippen LogP contribution in [0.3, 0.4) is 0 Å². The van der Waals surface area contributed by atoms with E-state index in [4.69, 9.17) is 4.74 Å². The van der Waals surface area contributed by atoms with Crippen molar-refractivity contribution in [1.29, 1.82) is 0 Å². The Morgan fingerprint density at radius 2 is 2.28 bits per heavy atom. The van der Waals surface area contributed by atoms with Crippen LogP contribution < -0.4 is 0 Å². The summed E-state index contributed by atoms with van der Waals surface area (Å²) in [6.07, 6.45) is 7.06. The zero-order chi connectivity index (χ0) is 13.3. The molecule has 96 valence electrons. The largest absolute Gasteiger partial charge is 0.458 e. The maximum Gasteiger partial charge on any atom is 0.334 e. The Bertz CT molecular complexity index is 456. The molecule has 0 saturated carbocycles. The van der Waals surface area contributed by atoms with Gasteiger partial charge in [0.1, 0.15) is 6.10 Å². The zero-order valence-corrected chi connectivity index (χ0v) is 10.8. The Labute approximate surface area is 107 Å². The van der Waals surface area contributed by atoms with Gasteiger partial charge in [0.15, 0.2) is 5.78 Å². The number of esters is 1. The van der Waals surface area contributed by atoms with Crippen molar-refractivity contribution >= 4 is 11.8 Å². The third-order valence-electron chi connectivity index (χ3n) is 3.69. The second kappa shape index (κ2) is 4.92. The molecule has 1 aliphatic carbocycles. The number of allylic oxidation sites excluding steroid dienone is 4. The van der Waals surface area contributed by atoms with Gasteiger partial charge in [-0.25, -0.2) is 4.79 Å². The van der Waals surface area contributed by atoms with Gasteiger partial charge in [0.2, 0.25) is 0 Å². The lowest BCUT2D eigenvalue weighted by molar-refractivity contribution is -0.139. The summed E-state index contributed by atoms with van der Waals surface area (Å²) in [5, 5.41) is 0. The van der Waals surface area contributed by atoms with E-state index in [-0.39, 0.29) is 29.7 Å². The summed E-state index contributed by atoms with van der Waals surface area (Å²) >= 11 is 0. The van der Waals surface area contributed by atoms with Gasteiger partial charge in [-0.2, -0.15) is 0 Å². The van der Waals surface area contributed by atoms with Crippen molar-refractivity contribution in [2.45, 2.75) is 32.8 Å². The number of hydrogen-bond donors (Lipinski definition) is 0. The molecule has 3 unspecified atom stereocenters. The molecule has 0 spiro atoms. The van der Waals surface area contributed by atoms with E-state index in [9.17, 15) is 9.59 Å². The minimum absolute atomic E-state index is 0.0448. The number of hydrogen-bond acceptors (Lipinski definition) is 3. The second-order valence-corrected chi connectivity index (χ2v) is 5.10. The molecule has 0 bridgehead atoms. The molecule has 3 atom stereocenters. The SMILES string of the molecule is C=C1C(=O)OC2CC(C)C(/C=C\C(C)=O)=CCC12. The quantitative estimate of drug-likeness (QED) is 0.555. The van der Waals surface area contributed by atoms with E-state index in [0.29, 0.717) is 5.57 Å². The van der Waals surface area contributed by atoms with Crippen LogP contribution in [0, 0.1) is 11.8 Å². The Balaban J connectivity index is 2.18. The third-order valence-corrected chi connectivity index (χ3v) is 3.69. The standard InChI is InChI=1S/C15H18O3/c1-9-8-14-13(11(3)15(17)18-14)7-6-12(9)5-4-10(2)16/h4-6,9,13-14H,3,7-8H2,1-2H3/b5-4-. The number of ketones is 1. The fraction of sp³-hybridized carbons (Fsp3) is 0.467. The molecule has 0 amide bonds. The number of carbonyl (C=O) groups is 2. The van der Waals surface area contributed by atoms with Crippen molar-refractivity contribution < 1.29 is 14.3 Å². The van der Waals surface area contributed by atoms with Crippen LogP contribution >= 0.6 is 0 Å². The molecule has 3 heteroatoms.